The molecule has 0 saturated carbocycles. The number of unbranched alkanes of at least 4 members (excludes halogenated alkanes) is 62. The topological polar surface area (TPSA) is 237 Å². The van der Waals surface area contributed by atoms with Crippen LogP contribution in [0.3, 0.4) is 0 Å². The van der Waals surface area contributed by atoms with Crippen molar-refractivity contribution >= 4 is 39.5 Å². The number of carbonyl (C=O) groups excluding carboxylic acids is 4. The molecule has 0 aliphatic carbocycles. The van der Waals surface area contributed by atoms with E-state index >= 15 is 0 Å². The number of aliphatic hydroxyl groups is 1. The minimum atomic E-state index is -4.97. The Bertz CT molecular complexity index is 2130. The van der Waals surface area contributed by atoms with E-state index in [0.29, 0.717) is 31.6 Å². The third kappa shape index (κ3) is 85.9. The van der Waals surface area contributed by atoms with Crippen molar-refractivity contribution in [1.29, 1.82) is 0 Å². The lowest BCUT2D eigenvalue weighted by Crippen LogP contribution is -2.30. The number of ether oxygens (including phenoxy) is 4. The van der Waals surface area contributed by atoms with E-state index in [1.165, 1.54) is 315 Å². The van der Waals surface area contributed by atoms with E-state index in [1.54, 1.807) is 0 Å². The van der Waals surface area contributed by atoms with Gasteiger partial charge >= 0.3 is 39.5 Å². The highest BCUT2D eigenvalue weighted by molar-refractivity contribution is 7.47. The number of carbonyl (C=O) groups is 4. The SMILES string of the molecule is CCCCCCCCCCCCCCCCCCCCCCCCC(=O)O[C@H](COC(=O)CCCCCCCCCCCCCCCCCCCCC(C)C)COP(=O)(O)OC[C@@H](O)COP(=O)(O)OC[C@@H](COC(=O)CCCCCCCCCC(C)C)OC(=O)CCCCCCCCCCCCCCCCCCCCC. The van der Waals surface area contributed by atoms with Gasteiger partial charge in [-0.15, -0.1) is 0 Å². The van der Waals surface area contributed by atoms with Crippen molar-refractivity contribution in [3.63, 3.8) is 0 Å². The predicted octanol–water partition coefficient (Wildman–Crippen LogP) is 29.0. The third-order valence-corrected chi connectivity index (χ3v) is 23.9. The Morgan fingerprint density at radius 1 is 0.241 bits per heavy atom. The highest BCUT2D eigenvalue weighted by atomic mass is 31.2. The van der Waals surface area contributed by atoms with Gasteiger partial charge in [0.05, 0.1) is 26.4 Å². The first-order valence-electron chi connectivity index (χ1n) is 48.0. The second-order valence-electron chi connectivity index (χ2n) is 34.4. The number of rotatable bonds is 92. The Morgan fingerprint density at radius 2 is 0.411 bits per heavy atom. The van der Waals surface area contributed by atoms with E-state index in [-0.39, 0.29) is 25.7 Å². The molecular weight excluding hydrogens is 1450 g/mol. The van der Waals surface area contributed by atoms with E-state index in [4.69, 9.17) is 37.0 Å². The summed E-state index contributed by atoms with van der Waals surface area (Å²) in [7, 11) is -9.94. The summed E-state index contributed by atoms with van der Waals surface area (Å²) in [5, 5.41) is 10.7. The maximum atomic E-state index is 13.2. The zero-order valence-electron chi connectivity index (χ0n) is 74.0. The third-order valence-electron chi connectivity index (χ3n) is 22.0. The number of phosphoric ester groups is 2. The summed E-state index contributed by atoms with van der Waals surface area (Å²) < 4.78 is 69.1. The highest BCUT2D eigenvalue weighted by Gasteiger charge is 2.31. The molecule has 666 valence electrons. The number of aliphatic hydroxyl groups excluding tert-OH is 1. The first kappa shape index (κ1) is 110. The average Bonchev–Trinajstić information content (AvgIpc) is 0.898. The maximum absolute atomic E-state index is 13.2. The maximum Gasteiger partial charge on any atom is 0.472 e. The van der Waals surface area contributed by atoms with Gasteiger partial charge in [0, 0.05) is 25.7 Å². The monoisotopic (exact) mass is 1630 g/mol. The van der Waals surface area contributed by atoms with Crippen molar-refractivity contribution < 1.29 is 80.2 Å². The van der Waals surface area contributed by atoms with Gasteiger partial charge < -0.3 is 33.8 Å². The van der Waals surface area contributed by atoms with Gasteiger partial charge in [-0.2, -0.15) is 0 Å². The Morgan fingerprint density at radius 3 is 0.607 bits per heavy atom. The summed E-state index contributed by atoms with van der Waals surface area (Å²) in [6.07, 6.45) is 79.5. The fourth-order valence-electron chi connectivity index (χ4n) is 14.7. The van der Waals surface area contributed by atoms with E-state index < -0.39 is 97.5 Å². The summed E-state index contributed by atoms with van der Waals surface area (Å²) in [4.78, 5) is 73.4. The van der Waals surface area contributed by atoms with Gasteiger partial charge in [-0.05, 0) is 37.5 Å². The van der Waals surface area contributed by atoms with Crippen LogP contribution in [0.15, 0.2) is 0 Å². The van der Waals surface area contributed by atoms with E-state index in [2.05, 4.69) is 41.5 Å². The Balaban J connectivity index is 5.21. The van der Waals surface area contributed by atoms with Crippen LogP contribution in [-0.4, -0.2) is 96.7 Å². The molecule has 3 N–H and O–H groups in total. The molecule has 0 fully saturated rings. The molecule has 0 bridgehead atoms. The second-order valence-corrected chi connectivity index (χ2v) is 37.3. The predicted molar refractivity (Wildman–Crippen MR) is 465 cm³/mol. The molecule has 0 aromatic rings. The second kappa shape index (κ2) is 84.1. The Labute approximate surface area is 689 Å². The smallest absolute Gasteiger partial charge is 0.462 e. The van der Waals surface area contributed by atoms with Crippen molar-refractivity contribution in [3.05, 3.63) is 0 Å². The normalized spacial score (nSPS) is 13.7. The van der Waals surface area contributed by atoms with Crippen LogP contribution >= 0.6 is 15.6 Å². The lowest BCUT2D eigenvalue weighted by molar-refractivity contribution is -0.161. The first-order valence-corrected chi connectivity index (χ1v) is 51.0. The van der Waals surface area contributed by atoms with Gasteiger partial charge in [-0.3, -0.25) is 37.3 Å². The van der Waals surface area contributed by atoms with Crippen molar-refractivity contribution in [3.8, 4) is 0 Å². The van der Waals surface area contributed by atoms with E-state index in [9.17, 15) is 43.2 Å². The summed E-state index contributed by atoms with van der Waals surface area (Å²) in [5.74, 6) is -0.568. The lowest BCUT2D eigenvalue weighted by atomic mass is 10.0. The van der Waals surface area contributed by atoms with Crippen LogP contribution in [0.5, 0.6) is 0 Å². The van der Waals surface area contributed by atoms with E-state index in [0.717, 1.165) is 102 Å². The summed E-state index contributed by atoms with van der Waals surface area (Å²) in [5.41, 5.74) is 0. The Hall–Kier alpha value is -1.94. The molecule has 2 unspecified atom stereocenters. The first-order chi connectivity index (χ1) is 54.4. The highest BCUT2D eigenvalue weighted by Crippen LogP contribution is 2.45. The molecule has 0 aliphatic rings. The zero-order chi connectivity index (χ0) is 82.0. The molecule has 5 atom stereocenters. The molecule has 0 spiro atoms. The molecule has 0 amide bonds. The van der Waals surface area contributed by atoms with Gasteiger partial charge in [0.15, 0.2) is 12.2 Å². The summed E-state index contributed by atoms with van der Waals surface area (Å²) in [6, 6.07) is 0. The molecule has 0 rings (SSSR count). The standard InChI is InChI=1S/C93H182O17P2/c1-7-9-11-13-15-17-19-21-23-25-27-28-29-31-37-41-45-49-53-59-66-71-77-92(97)109-88(81-103-90(95)75-69-63-57-51-47-43-39-35-33-32-34-38-42-46-50-55-61-67-73-85(3)4)83-107-111(99,100)105-79-87(94)80-106-112(101,102)108-84-89(82-104-91(96)76-70-64-60-54-56-62-68-74-86(5)6)110-93(98)78-72-65-58-52-48-44-40-36-30-26-24-22-20-18-16-14-12-10-8-2/h85-89,94H,7-84H2,1-6H3,(H,99,100)(H,101,102)/t87-,88-,89-/m1/s1. The van der Waals surface area contributed by atoms with Crippen LogP contribution < -0.4 is 0 Å². The number of hydrogen-bond donors (Lipinski definition) is 3. The van der Waals surface area contributed by atoms with Crippen molar-refractivity contribution in [1.82, 2.24) is 0 Å². The lowest BCUT2D eigenvalue weighted by Gasteiger charge is -2.21. The van der Waals surface area contributed by atoms with Gasteiger partial charge in [0.2, 0.25) is 0 Å². The van der Waals surface area contributed by atoms with Gasteiger partial charge in [0.1, 0.15) is 19.3 Å². The van der Waals surface area contributed by atoms with Gasteiger partial charge in [-0.1, -0.05) is 452 Å². The molecule has 0 aromatic carbocycles. The summed E-state index contributed by atoms with van der Waals surface area (Å²) >= 11 is 0. The molecular formula is C93H182O17P2. The number of hydrogen-bond acceptors (Lipinski definition) is 15. The van der Waals surface area contributed by atoms with Crippen LogP contribution in [0, 0.1) is 11.8 Å². The van der Waals surface area contributed by atoms with Crippen LogP contribution in [-0.2, 0) is 65.4 Å². The quantitative estimate of drug-likeness (QED) is 0.0222. The van der Waals surface area contributed by atoms with E-state index in [1.807, 2.05) is 0 Å². The number of phosphoric acid groups is 2. The molecule has 112 heavy (non-hydrogen) atoms. The molecule has 0 saturated heterocycles. The molecule has 0 radical (unpaired) electrons. The molecule has 17 nitrogen and oxygen atoms in total. The van der Waals surface area contributed by atoms with Crippen molar-refractivity contribution in [2.75, 3.05) is 39.6 Å². The summed E-state index contributed by atoms with van der Waals surface area (Å²) in [6.45, 7) is 9.69. The van der Waals surface area contributed by atoms with Crippen molar-refractivity contribution in [2.45, 2.75) is 522 Å². The zero-order valence-corrected chi connectivity index (χ0v) is 75.8. The van der Waals surface area contributed by atoms with Crippen molar-refractivity contribution in [2.24, 2.45) is 11.8 Å². The molecule has 0 aromatic heterocycles. The molecule has 0 heterocycles. The van der Waals surface area contributed by atoms with Crippen LogP contribution in [0.4, 0.5) is 0 Å². The average molecular weight is 1630 g/mol. The minimum Gasteiger partial charge on any atom is -0.462 e. The molecule has 0 aliphatic heterocycles. The van der Waals surface area contributed by atoms with Gasteiger partial charge in [0.25, 0.3) is 0 Å². The largest absolute Gasteiger partial charge is 0.472 e. The van der Waals surface area contributed by atoms with Crippen LogP contribution in [0.2, 0.25) is 0 Å². The minimum absolute atomic E-state index is 0.108. The van der Waals surface area contributed by atoms with Crippen LogP contribution in [0.25, 0.3) is 0 Å². The van der Waals surface area contributed by atoms with Gasteiger partial charge in [-0.25, -0.2) is 9.13 Å². The fraction of sp³-hybridized carbons (Fsp3) is 0.957. The molecule has 19 heteroatoms. The number of esters is 4. The fourth-order valence-corrected chi connectivity index (χ4v) is 16.2. The van der Waals surface area contributed by atoms with Crippen LogP contribution in [0.1, 0.15) is 504 Å². The Kier molecular flexibility index (Phi) is 82.6.